The summed E-state index contributed by atoms with van der Waals surface area (Å²) in [5, 5.41) is 0. The van der Waals surface area contributed by atoms with Crippen molar-refractivity contribution in [1.82, 2.24) is 4.90 Å². The fraction of sp³-hybridized carbons (Fsp3) is 0.500. The molecule has 0 aliphatic carbocycles. The Labute approximate surface area is 185 Å². The Hall–Kier alpha value is -2.37. The van der Waals surface area contributed by atoms with Gasteiger partial charge in [-0.05, 0) is 48.1 Å². The lowest BCUT2D eigenvalue weighted by atomic mass is 9.81. The highest BCUT2D eigenvalue weighted by Crippen LogP contribution is 2.42. The van der Waals surface area contributed by atoms with Crippen molar-refractivity contribution in [2.24, 2.45) is 5.92 Å². The van der Waals surface area contributed by atoms with Crippen LogP contribution in [0.5, 0.6) is 11.5 Å². The van der Waals surface area contributed by atoms with Gasteiger partial charge in [-0.1, -0.05) is 36.8 Å². The Bertz CT molecular complexity index is 882. The molecule has 31 heavy (non-hydrogen) atoms. The molecule has 166 valence electrons. The molecule has 1 fully saturated rings. The van der Waals surface area contributed by atoms with Crippen LogP contribution in [0.1, 0.15) is 48.4 Å². The van der Waals surface area contributed by atoms with Gasteiger partial charge >= 0.3 is 0 Å². The van der Waals surface area contributed by atoms with Crippen molar-refractivity contribution < 1.29 is 19.0 Å². The molecule has 0 radical (unpaired) electrons. The van der Waals surface area contributed by atoms with Crippen molar-refractivity contribution in [2.75, 3.05) is 33.9 Å². The smallest absolute Gasteiger partial charge is 0.161 e. The highest BCUT2D eigenvalue weighted by atomic mass is 16.5. The monoisotopic (exact) mass is 423 g/mol. The molecule has 0 bridgehead atoms. The van der Waals surface area contributed by atoms with Gasteiger partial charge in [-0.3, -0.25) is 9.69 Å². The molecule has 0 unspecified atom stereocenters. The molecular formula is C26H33NO4. The minimum atomic E-state index is 0.145. The Morgan fingerprint density at radius 2 is 1.81 bits per heavy atom. The zero-order chi connectivity index (χ0) is 21.6. The van der Waals surface area contributed by atoms with Gasteiger partial charge in [0.15, 0.2) is 11.5 Å². The van der Waals surface area contributed by atoms with Crippen LogP contribution in [-0.2, 0) is 22.6 Å². The molecule has 2 heterocycles. The molecule has 0 N–H and O–H groups in total. The number of Topliss-reactive ketones (excluding diaryl/α,β-unsaturated/α-hetero) is 1. The minimum Gasteiger partial charge on any atom is -0.493 e. The number of rotatable bonds is 9. The summed E-state index contributed by atoms with van der Waals surface area (Å²) in [5.41, 5.74) is 3.71. The molecule has 5 nitrogen and oxygen atoms in total. The number of carbonyl (C=O) groups excluding carboxylic acids is 1. The lowest BCUT2D eigenvalue weighted by Crippen LogP contribution is -2.46. The Morgan fingerprint density at radius 3 is 2.58 bits per heavy atom. The van der Waals surface area contributed by atoms with E-state index in [-0.39, 0.29) is 12.0 Å². The van der Waals surface area contributed by atoms with Gasteiger partial charge in [0.25, 0.3) is 0 Å². The quantitative estimate of drug-likeness (QED) is 0.553. The third-order valence-electron chi connectivity index (χ3n) is 6.62. The van der Waals surface area contributed by atoms with E-state index in [0.717, 1.165) is 56.9 Å². The summed E-state index contributed by atoms with van der Waals surface area (Å²) in [7, 11) is 3.33. The maximum Gasteiger partial charge on any atom is 0.161 e. The fourth-order valence-corrected chi connectivity index (χ4v) is 4.89. The minimum absolute atomic E-state index is 0.145. The molecular weight excluding hydrogens is 390 g/mol. The number of hydrogen-bond donors (Lipinski definition) is 0. The number of unbranched alkanes of at least 4 members (excludes halogenated alkanes) is 1. The van der Waals surface area contributed by atoms with E-state index in [4.69, 9.17) is 14.2 Å². The highest BCUT2D eigenvalue weighted by Gasteiger charge is 2.38. The van der Waals surface area contributed by atoms with Crippen molar-refractivity contribution >= 4 is 5.78 Å². The number of ketones is 1. The zero-order valence-electron chi connectivity index (χ0n) is 18.6. The van der Waals surface area contributed by atoms with Crippen LogP contribution in [0.25, 0.3) is 0 Å². The average molecular weight is 424 g/mol. The second kappa shape index (κ2) is 10.3. The molecule has 0 spiro atoms. The number of nitrogens with zero attached hydrogens (tertiary/aromatic N) is 1. The van der Waals surface area contributed by atoms with Gasteiger partial charge in [-0.2, -0.15) is 0 Å². The number of hydrogen-bond acceptors (Lipinski definition) is 5. The molecule has 2 aliphatic heterocycles. The third-order valence-corrected chi connectivity index (χ3v) is 6.62. The topological polar surface area (TPSA) is 48.0 Å². The van der Waals surface area contributed by atoms with Crippen molar-refractivity contribution in [3.63, 3.8) is 0 Å². The molecule has 5 heteroatoms. The van der Waals surface area contributed by atoms with Crippen LogP contribution in [0.4, 0.5) is 0 Å². The summed E-state index contributed by atoms with van der Waals surface area (Å²) in [6, 6.07) is 14.6. The summed E-state index contributed by atoms with van der Waals surface area (Å²) in [4.78, 5) is 15.4. The molecule has 0 amide bonds. The maximum atomic E-state index is 12.9. The summed E-state index contributed by atoms with van der Waals surface area (Å²) >= 11 is 0. The summed E-state index contributed by atoms with van der Waals surface area (Å²) in [5.74, 6) is 2.05. The molecule has 2 aromatic carbocycles. The van der Waals surface area contributed by atoms with E-state index in [1.807, 2.05) is 18.2 Å². The summed E-state index contributed by atoms with van der Waals surface area (Å²) in [6.45, 7) is 3.27. The van der Waals surface area contributed by atoms with Gasteiger partial charge in [0, 0.05) is 38.1 Å². The van der Waals surface area contributed by atoms with Crippen LogP contribution in [0.3, 0.4) is 0 Å². The number of benzene rings is 2. The predicted molar refractivity (Wildman–Crippen MR) is 121 cm³/mol. The van der Waals surface area contributed by atoms with E-state index in [2.05, 4.69) is 29.2 Å². The van der Waals surface area contributed by atoms with Crippen molar-refractivity contribution in [3.8, 4) is 11.5 Å². The van der Waals surface area contributed by atoms with Gasteiger partial charge in [-0.15, -0.1) is 0 Å². The summed E-state index contributed by atoms with van der Waals surface area (Å²) in [6.07, 6.45) is 4.57. The number of carbonyl (C=O) groups is 1. The van der Waals surface area contributed by atoms with Gasteiger partial charge in [-0.25, -0.2) is 0 Å². The van der Waals surface area contributed by atoms with Gasteiger partial charge in [0.05, 0.1) is 20.8 Å². The van der Waals surface area contributed by atoms with Crippen LogP contribution in [0.15, 0.2) is 42.5 Å². The lowest BCUT2D eigenvalue weighted by Gasteiger charge is -2.43. The Balaban J connectivity index is 1.27. The first kappa shape index (κ1) is 21.8. The highest BCUT2D eigenvalue weighted by molar-refractivity contribution is 5.83. The molecule has 2 aliphatic rings. The molecule has 2 atom stereocenters. The van der Waals surface area contributed by atoms with Crippen molar-refractivity contribution in [2.45, 2.75) is 44.8 Å². The van der Waals surface area contributed by atoms with E-state index in [0.29, 0.717) is 18.8 Å². The molecule has 4 rings (SSSR count). The van der Waals surface area contributed by atoms with E-state index >= 15 is 0 Å². The normalized spacial score (nSPS) is 20.8. The fourth-order valence-electron chi connectivity index (χ4n) is 4.89. The van der Waals surface area contributed by atoms with Crippen LogP contribution in [-0.4, -0.2) is 44.6 Å². The number of ether oxygens (including phenoxy) is 3. The molecule has 2 aromatic rings. The number of piperidine rings is 1. The standard InChI is InChI=1S/C26H33NO4/c1-29-25-14-20-11-12-27-17-21(24(28)16-23(27)22(20)15-26(25)30-2)10-6-7-13-31-18-19-8-4-3-5-9-19/h3-5,8-9,14-15,21,23H,6-7,10-13,16-18H2,1-2H3/t21-,23-/m1/s1. The van der Waals surface area contributed by atoms with Gasteiger partial charge in [0.2, 0.25) is 0 Å². The van der Waals surface area contributed by atoms with E-state index in [1.165, 1.54) is 16.7 Å². The second-order valence-corrected chi connectivity index (χ2v) is 8.57. The van der Waals surface area contributed by atoms with E-state index in [9.17, 15) is 4.79 Å². The van der Waals surface area contributed by atoms with Gasteiger partial charge in [0.1, 0.15) is 5.78 Å². The average Bonchev–Trinajstić information content (AvgIpc) is 2.81. The Kier molecular flexibility index (Phi) is 7.25. The SMILES string of the molecule is COc1cc2c(cc1OC)[C@H]1CC(=O)[C@H](CCCCOCc3ccccc3)CN1CC2. The predicted octanol–water partition coefficient (Wildman–Crippen LogP) is 4.58. The van der Waals surface area contributed by atoms with Crippen LogP contribution in [0.2, 0.25) is 0 Å². The van der Waals surface area contributed by atoms with Gasteiger partial charge < -0.3 is 14.2 Å². The Morgan fingerprint density at radius 1 is 1.03 bits per heavy atom. The molecule has 0 saturated carbocycles. The van der Waals surface area contributed by atoms with Crippen molar-refractivity contribution in [3.05, 3.63) is 59.2 Å². The largest absolute Gasteiger partial charge is 0.493 e. The first-order valence-corrected chi connectivity index (χ1v) is 11.3. The lowest BCUT2D eigenvalue weighted by molar-refractivity contribution is -0.129. The molecule has 0 aromatic heterocycles. The number of fused-ring (bicyclic) bond motifs is 3. The first-order valence-electron chi connectivity index (χ1n) is 11.3. The first-order chi connectivity index (χ1) is 15.2. The van der Waals surface area contributed by atoms with Crippen LogP contribution >= 0.6 is 0 Å². The number of methoxy groups -OCH3 is 2. The van der Waals surface area contributed by atoms with E-state index in [1.54, 1.807) is 14.2 Å². The zero-order valence-corrected chi connectivity index (χ0v) is 18.6. The third kappa shape index (κ3) is 5.10. The maximum absolute atomic E-state index is 12.9. The summed E-state index contributed by atoms with van der Waals surface area (Å²) < 4.78 is 16.7. The van der Waals surface area contributed by atoms with Crippen LogP contribution in [0, 0.1) is 5.92 Å². The van der Waals surface area contributed by atoms with E-state index < -0.39 is 0 Å². The molecule has 1 saturated heterocycles. The van der Waals surface area contributed by atoms with Crippen molar-refractivity contribution in [1.29, 1.82) is 0 Å². The second-order valence-electron chi connectivity index (χ2n) is 8.57. The van der Waals surface area contributed by atoms with Crippen LogP contribution < -0.4 is 9.47 Å².